The molecule has 0 bridgehead atoms. The van der Waals surface area contributed by atoms with Crippen molar-refractivity contribution in [1.29, 1.82) is 0 Å². The van der Waals surface area contributed by atoms with Crippen molar-refractivity contribution < 1.29 is 23.8 Å². The number of anilines is 1. The monoisotopic (exact) mass is 473 g/mol. The van der Waals surface area contributed by atoms with Crippen LogP contribution in [0.1, 0.15) is 27.7 Å². The Balaban J connectivity index is 1.68. The molecule has 1 aliphatic heterocycles. The molecule has 0 spiro atoms. The highest BCUT2D eigenvalue weighted by atomic mass is 35.5. The van der Waals surface area contributed by atoms with Crippen molar-refractivity contribution in [3.05, 3.63) is 106 Å². The Morgan fingerprint density at radius 3 is 2.47 bits per heavy atom. The van der Waals surface area contributed by atoms with E-state index in [4.69, 9.17) is 20.8 Å². The van der Waals surface area contributed by atoms with E-state index in [0.717, 1.165) is 5.56 Å². The summed E-state index contributed by atoms with van der Waals surface area (Å²) in [7, 11) is 1.48. The number of carbonyl (C=O) groups is 2. The van der Waals surface area contributed by atoms with Gasteiger partial charge in [-0.2, -0.15) is 0 Å². The zero-order valence-electron chi connectivity index (χ0n) is 18.4. The van der Waals surface area contributed by atoms with Crippen molar-refractivity contribution in [2.24, 2.45) is 0 Å². The lowest BCUT2D eigenvalue weighted by atomic mass is 9.94. The third-order valence-corrected chi connectivity index (χ3v) is 6.15. The molecule has 5 rings (SSSR count). The molecule has 1 aliphatic rings. The lowest BCUT2D eigenvalue weighted by Gasteiger charge is -2.28. The average Bonchev–Trinajstić information content (AvgIpc) is 3.38. The van der Waals surface area contributed by atoms with Crippen LogP contribution in [0.2, 0.25) is 5.02 Å². The van der Waals surface area contributed by atoms with Gasteiger partial charge in [-0.15, -0.1) is 0 Å². The highest BCUT2D eigenvalue weighted by molar-refractivity contribution is 6.31. The molecule has 0 fully saturated rings. The van der Waals surface area contributed by atoms with E-state index in [1.165, 1.54) is 18.1 Å². The number of amides is 1. The number of hydrogen-bond donors (Lipinski definition) is 1. The Bertz CT molecular complexity index is 1470. The van der Waals surface area contributed by atoms with Crippen molar-refractivity contribution in [3.8, 4) is 5.75 Å². The molecule has 0 radical (unpaired) electrons. The summed E-state index contributed by atoms with van der Waals surface area (Å²) >= 11 is 6.16. The maximum Gasteiger partial charge on any atom is 0.294 e. The van der Waals surface area contributed by atoms with Crippen LogP contribution in [0.25, 0.3) is 11.0 Å². The Labute approximate surface area is 200 Å². The molecule has 170 valence electrons. The van der Waals surface area contributed by atoms with Gasteiger partial charge in [-0.05, 0) is 36.2 Å². The molecule has 2 heterocycles. The number of nitrogens with zero attached hydrogens (tertiary/aromatic N) is 1. The van der Waals surface area contributed by atoms with Gasteiger partial charge < -0.3 is 14.3 Å². The first-order valence-corrected chi connectivity index (χ1v) is 11.0. The fourth-order valence-electron chi connectivity index (χ4n) is 4.35. The highest BCUT2D eigenvalue weighted by Crippen LogP contribution is 2.43. The Morgan fingerprint density at radius 2 is 1.76 bits per heavy atom. The molecule has 34 heavy (non-hydrogen) atoms. The number of ether oxygens (including phenoxy) is 1. The molecule has 0 saturated carbocycles. The number of Topliss-reactive ketones (excluding diaryl/α,β-unsaturated/α-hetero) is 1. The van der Waals surface area contributed by atoms with E-state index < -0.39 is 23.5 Å². The van der Waals surface area contributed by atoms with Gasteiger partial charge >= 0.3 is 0 Å². The minimum Gasteiger partial charge on any atom is -0.503 e. The number of carbonyl (C=O) groups excluding carboxylic acids is 2. The third kappa shape index (κ3) is 3.43. The first-order chi connectivity index (χ1) is 16.4. The second-order valence-electron chi connectivity index (χ2n) is 8.00. The van der Waals surface area contributed by atoms with Crippen LogP contribution in [-0.2, 0) is 4.79 Å². The quantitative estimate of drug-likeness (QED) is 0.350. The maximum atomic E-state index is 13.7. The van der Waals surface area contributed by atoms with E-state index in [0.29, 0.717) is 33.0 Å². The molecule has 1 N–H and O–H groups in total. The standard InChI is InChI=1S/C27H20ClNO5/c1-15-8-6-7-11-19(15)29-23(16-9-4-3-5-10-16)22(25(31)27(29)32)24(30)20-13-17-12-18(28)14-21(33-2)26(17)34-20/h3-14,23,31H,1-2H3. The van der Waals surface area contributed by atoms with Gasteiger partial charge in [0.05, 0.1) is 18.7 Å². The number of para-hydroxylation sites is 1. The Morgan fingerprint density at radius 1 is 1.06 bits per heavy atom. The van der Waals surface area contributed by atoms with Crippen molar-refractivity contribution >= 4 is 39.9 Å². The minimum atomic E-state index is -0.832. The Hall–Kier alpha value is -4.03. The Kier molecular flexibility index (Phi) is 5.38. The van der Waals surface area contributed by atoms with Crippen LogP contribution >= 0.6 is 11.6 Å². The van der Waals surface area contributed by atoms with E-state index in [1.54, 1.807) is 18.2 Å². The maximum absolute atomic E-state index is 13.7. The molecule has 0 aliphatic carbocycles. The topological polar surface area (TPSA) is 80.0 Å². The number of aliphatic hydroxyl groups is 1. The van der Waals surface area contributed by atoms with Gasteiger partial charge in [-0.3, -0.25) is 14.5 Å². The van der Waals surface area contributed by atoms with Gasteiger partial charge in [0.15, 0.2) is 22.9 Å². The summed E-state index contributed by atoms with van der Waals surface area (Å²) in [4.78, 5) is 28.5. The SMILES string of the molecule is COc1cc(Cl)cc2cc(C(=O)C3=C(O)C(=O)N(c4ccccc4C)C3c3ccccc3)oc12. The van der Waals surface area contributed by atoms with Gasteiger partial charge in [0.1, 0.15) is 0 Å². The molecule has 1 aromatic heterocycles. The van der Waals surface area contributed by atoms with Crippen molar-refractivity contribution in [2.75, 3.05) is 12.0 Å². The normalized spacial score (nSPS) is 15.9. The summed E-state index contributed by atoms with van der Waals surface area (Å²) in [6.07, 6.45) is 0. The average molecular weight is 474 g/mol. The smallest absolute Gasteiger partial charge is 0.294 e. The molecule has 4 aromatic rings. The van der Waals surface area contributed by atoms with Gasteiger partial charge in [0.2, 0.25) is 5.78 Å². The number of ketones is 1. The molecule has 1 amide bonds. The molecule has 1 atom stereocenters. The van der Waals surface area contributed by atoms with Gasteiger partial charge in [0, 0.05) is 22.2 Å². The summed E-state index contributed by atoms with van der Waals surface area (Å²) in [5.41, 5.74) is 2.42. The van der Waals surface area contributed by atoms with E-state index in [1.807, 2.05) is 55.5 Å². The van der Waals surface area contributed by atoms with Crippen LogP contribution in [-0.4, -0.2) is 23.9 Å². The predicted octanol–water partition coefficient (Wildman–Crippen LogP) is 6.19. The van der Waals surface area contributed by atoms with Crippen LogP contribution in [0.4, 0.5) is 5.69 Å². The number of rotatable bonds is 5. The lowest BCUT2D eigenvalue weighted by molar-refractivity contribution is -0.117. The van der Waals surface area contributed by atoms with Crippen LogP contribution in [0.5, 0.6) is 5.75 Å². The number of methoxy groups -OCH3 is 1. The number of fused-ring (bicyclic) bond motifs is 1. The van der Waals surface area contributed by atoms with Crippen molar-refractivity contribution in [2.45, 2.75) is 13.0 Å². The number of benzene rings is 3. The summed E-state index contributed by atoms with van der Waals surface area (Å²) < 4.78 is 11.2. The zero-order chi connectivity index (χ0) is 24.0. The first kappa shape index (κ1) is 21.8. The largest absolute Gasteiger partial charge is 0.503 e. The van der Waals surface area contributed by atoms with E-state index in [9.17, 15) is 14.7 Å². The second kappa shape index (κ2) is 8.39. The highest BCUT2D eigenvalue weighted by Gasteiger charge is 2.45. The minimum absolute atomic E-state index is 0.0301. The first-order valence-electron chi connectivity index (χ1n) is 10.6. The number of furan rings is 1. The van der Waals surface area contributed by atoms with Gasteiger partial charge in [-0.25, -0.2) is 0 Å². The summed E-state index contributed by atoms with van der Waals surface area (Å²) in [5.74, 6) is -1.50. The molecule has 3 aromatic carbocycles. The van der Waals surface area contributed by atoms with E-state index in [-0.39, 0.29) is 11.3 Å². The zero-order valence-corrected chi connectivity index (χ0v) is 19.2. The number of aryl methyl sites for hydroxylation is 1. The van der Waals surface area contributed by atoms with E-state index >= 15 is 0 Å². The van der Waals surface area contributed by atoms with Crippen LogP contribution in [0.3, 0.4) is 0 Å². The lowest BCUT2D eigenvalue weighted by Crippen LogP contribution is -2.31. The third-order valence-electron chi connectivity index (χ3n) is 5.93. The summed E-state index contributed by atoms with van der Waals surface area (Å²) in [6, 6.07) is 20.4. The molecular weight excluding hydrogens is 454 g/mol. The fraction of sp³-hybridized carbons (Fsp3) is 0.111. The van der Waals surface area contributed by atoms with Gasteiger partial charge in [-0.1, -0.05) is 60.1 Å². The molecule has 1 unspecified atom stereocenters. The van der Waals surface area contributed by atoms with Gasteiger partial charge in [0.25, 0.3) is 5.91 Å². The van der Waals surface area contributed by atoms with Crippen LogP contribution in [0, 0.1) is 6.92 Å². The van der Waals surface area contributed by atoms with Crippen LogP contribution in [0.15, 0.2) is 88.5 Å². The second-order valence-corrected chi connectivity index (χ2v) is 8.44. The van der Waals surface area contributed by atoms with Crippen LogP contribution < -0.4 is 9.64 Å². The number of halogens is 1. The fourth-order valence-corrected chi connectivity index (χ4v) is 4.57. The number of hydrogen-bond acceptors (Lipinski definition) is 5. The summed E-state index contributed by atoms with van der Waals surface area (Å²) in [5, 5.41) is 11.9. The molecule has 6 nitrogen and oxygen atoms in total. The molecular formula is C27H20ClNO5. The molecule has 7 heteroatoms. The molecule has 0 saturated heterocycles. The predicted molar refractivity (Wildman–Crippen MR) is 130 cm³/mol. The number of aliphatic hydroxyl groups excluding tert-OH is 1. The summed E-state index contributed by atoms with van der Waals surface area (Å²) in [6.45, 7) is 1.87. The van der Waals surface area contributed by atoms with Crippen molar-refractivity contribution in [3.63, 3.8) is 0 Å². The van der Waals surface area contributed by atoms with E-state index in [2.05, 4.69) is 0 Å². The van der Waals surface area contributed by atoms with Crippen molar-refractivity contribution in [1.82, 2.24) is 0 Å².